The molecule has 22 heavy (non-hydrogen) atoms. The molecule has 118 valence electrons. The second-order valence-electron chi connectivity index (χ2n) is 5.58. The Balaban J connectivity index is 1.77. The molecule has 0 saturated carbocycles. The van der Waals surface area contributed by atoms with Gasteiger partial charge < -0.3 is 5.32 Å². The molecule has 1 atom stereocenters. The normalized spacial score (nSPS) is 20.1. The van der Waals surface area contributed by atoms with E-state index in [2.05, 4.69) is 10.4 Å². The van der Waals surface area contributed by atoms with Crippen LogP contribution >= 0.6 is 0 Å². The van der Waals surface area contributed by atoms with Crippen LogP contribution in [-0.2, 0) is 16.6 Å². The average molecular weight is 320 g/mol. The highest BCUT2D eigenvalue weighted by atomic mass is 32.2. The van der Waals surface area contributed by atoms with Gasteiger partial charge in [0, 0.05) is 31.9 Å². The zero-order valence-corrected chi connectivity index (χ0v) is 13.3. The number of piperazine rings is 1. The Labute approximate surface area is 130 Å². The summed E-state index contributed by atoms with van der Waals surface area (Å²) < 4.78 is 28.5. The van der Waals surface area contributed by atoms with Crippen LogP contribution < -0.4 is 5.32 Å². The maximum absolute atomic E-state index is 12.6. The highest BCUT2D eigenvalue weighted by Gasteiger charge is 2.29. The van der Waals surface area contributed by atoms with Crippen LogP contribution in [0.4, 0.5) is 0 Å². The predicted molar refractivity (Wildman–Crippen MR) is 84.0 cm³/mol. The van der Waals surface area contributed by atoms with Crippen molar-refractivity contribution in [3.8, 4) is 0 Å². The van der Waals surface area contributed by atoms with Crippen molar-refractivity contribution in [3.63, 3.8) is 0 Å². The van der Waals surface area contributed by atoms with E-state index < -0.39 is 10.0 Å². The number of aromatic nitrogens is 2. The first-order valence-electron chi connectivity index (χ1n) is 7.35. The lowest BCUT2D eigenvalue weighted by molar-refractivity contribution is 0.310. The first-order chi connectivity index (χ1) is 10.6. The molecule has 1 N–H and O–H groups in total. The van der Waals surface area contributed by atoms with Gasteiger partial charge in [-0.1, -0.05) is 30.3 Å². The number of rotatable bonds is 4. The van der Waals surface area contributed by atoms with Gasteiger partial charge in [-0.25, -0.2) is 8.42 Å². The second-order valence-corrected chi connectivity index (χ2v) is 7.52. The predicted octanol–water partition coefficient (Wildman–Crippen LogP) is 0.914. The second kappa shape index (κ2) is 6.20. The minimum Gasteiger partial charge on any atom is -0.312 e. The number of sulfonamides is 1. The molecule has 0 amide bonds. The fraction of sp³-hybridized carbons (Fsp3) is 0.400. The van der Waals surface area contributed by atoms with Crippen LogP contribution in [0.2, 0.25) is 0 Å². The van der Waals surface area contributed by atoms with Crippen molar-refractivity contribution in [1.82, 2.24) is 19.4 Å². The van der Waals surface area contributed by atoms with E-state index in [-0.39, 0.29) is 10.9 Å². The van der Waals surface area contributed by atoms with E-state index in [1.54, 1.807) is 10.9 Å². The molecule has 2 heterocycles. The Kier molecular flexibility index (Phi) is 4.28. The molecule has 2 aromatic rings. The lowest BCUT2D eigenvalue weighted by Gasteiger charge is -2.30. The average Bonchev–Trinajstić information content (AvgIpc) is 2.97. The summed E-state index contributed by atoms with van der Waals surface area (Å²) in [6.07, 6.45) is 3.04. The van der Waals surface area contributed by atoms with E-state index in [0.717, 1.165) is 5.56 Å². The van der Waals surface area contributed by atoms with Crippen molar-refractivity contribution >= 4 is 10.0 Å². The van der Waals surface area contributed by atoms with Crippen LogP contribution in [0.25, 0.3) is 0 Å². The molecule has 0 radical (unpaired) electrons. The Morgan fingerprint density at radius 2 is 2.09 bits per heavy atom. The van der Waals surface area contributed by atoms with E-state index in [1.807, 2.05) is 37.3 Å². The van der Waals surface area contributed by atoms with Gasteiger partial charge in [0.25, 0.3) is 0 Å². The Bertz CT molecular complexity index is 727. The monoisotopic (exact) mass is 320 g/mol. The van der Waals surface area contributed by atoms with Crippen LogP contribution in [0, 0.1) is 0 Å². The summed E-state index contributed by atoms with van der Waals surface area (Å²) in [6, 6.07) is 10.0. The van der Waals surface area contributed by atoms with Crippen molar-refractivity contribution in [2.75, 3.05) is 19.6 Å². The molecule has 0 bridgehead atoms. The summed E-state index contributed by atoms with van der Waals surface area (Å²) in [7, 11) is -3.46. The molecule has 1 aliphatic rings. The molecule has 0 aliphatic carbocycles. The van der Waals surface area contributed by atoms with Gasteiger partial charge in [0.15, 0.2) is 0 Å². The summed E-state index contributed by atoms with van der Waals surface area (Å²) in [5.41, 5.74) is 1.09. The lowest BCUT2D eigenvalue weighted by Crippen LogP contribution is -2.51. The molecule has 1 saturated heterocycles. The van der Waals surface area contributed by atoms with Gasteiger partial charge in [-0.05, 0) is 12.5 Å². The van der Waals surface area contributed by atoms with Gasteiger partial charge >= 0.3 is 0 Å². The standard InChI is InChI=1S/C15H20N4O2S/c1-13-10-19(8-7-16-13)22(20,21)15-9-17-18(12-15)11-14-5-3-2-4-6-14/h2-6,9,12-13,16H,7-8,10-11H2,1H3/t13-/m0/s1. The third-order valence-electron chi connectivity index (χ3n) is 3.77. The highest BCUT2D eigenvalue weighted by molar-refractivity contribution is 7.89. The van der Waals surface area contributed by atoms with Crippen molar-refractivity contribution in [2.24, 2.45) is 0 Å². The van der Waals surface area contributed by atoms with E-state index in [0.29, 0.717) is 26.2 Å². The van der Waals surface area contributed by atoms with Gasteiger partial charge in [-0.15, -0.1) is 0 Å². The third kappa shape index (κ3) is 3.21. The topological polar surface area (TPSA) is 67.2 Å². The third-order valence-corrected chi connectivity index (χ3v) is 5.58. The van der Waals surface area contributed by atoms with Crippen molar-refractivity contribution in [3.05, 3.63) is 48.3 Å². The molecular formula is C15H20N4O2S. The fourth-order valence-electron chi connectivity index (χ4n) is 2.60. The number of hydrogen-bond donors (Lipinski definition) is 1. The quantitative estimate of drug-likeness (QED) is 0.909. The fourth-order valence-corrected chi connectivity index (χ4v) is 4.08. The van der Waals surface area contributed by atoms with Crippen molar-refractivity contribution in [2.45, 2.75) is 24.4 Å². The molecule has 3 rings (SSSR count). The molecule has 1 aromatic heterocycles. The summed E-state index contributed by atoms with van der Waals surface area (Å²) >= 11 is 0. The minimum atomic E-state index is -3.46. The number of nitrogens with zero attached hydrogens (tertiary/aromatic N) is 3. The summed E-state index contributed by atoms with van der Waals surface area (Å²) in [5.74, 6) is 0. The van der Waals surface area contributed by atoms with Crippen LogP contribution in [-0.4, -0.2) is 48.2 Å². The lowest BCUT2D eigenvalue weighted by atomic mass is 10.2. The van der Waals surface area contributed by atoms with E-state index in [4.69, 9.17) is 0 Å². The van der Waals surface area contributed by atoms with Crippen molar-refractivity contribution in [1.29, 1.82) is 0 Å². The molecule has 6 nitrogen and oxygen atoms in total. The molecule has 1 aliphatic heterocycles. The highest BCUT2D eigenvalue weighted by Crippen LogP contribution is 2.17. The maximum Gasteiger partial charge on any atom is 0.246 e. The van der Waals surface area contributed by atoms with Crippen LogP contribution in [0.1, 0.15) is 12.5 Å². The maximum atomic E-state index is 12.6. The smallest absolute Gasteiger partial charge is 0.246 e. The van der Waals surface area contributed by atoms with Crippen LogP contribution in [0.15, 0.2) is 47.6 Å². The first kappa shape index (κ1) is 15.2. The van der Waals surface area contributed by atoms with Crippen LogP contribution in [0.5, 0.6) is 0 Å². The number of nitrogens with one attached hydrogen (secondary N) is 1. The molecule has 0 spiro atoms. The zero-order chi connectivity index (χ0) is 15.6. The summed E-state index contributed by atoms with van der Waals surface area (Å²) in [6.45, 7) is 4.22. The number of hydrogen-bond acceptors (Lipinski definition) is 4. The van der Waals surface area contributed by atoms with Crippen molar-refractivity contribution < 1.29 is 8.42 Å². The van der Waals surface area contributed by atoms with Gasteiger partial charge in [0.05, 0.1) is 12.7 Å². The Hall–Kier alpha value is -1.70. The van der Waals surface area contributed by atoms with E-state index in [1.165, 1.54) is 10.5 Å². The van der Waals surface area contributed by atoms with Gasteiger partial charge in [-0.3, -0.25) is 4.68 Å². The van der Waals surface area contributed by atoms with Gasteiger partial charge in [-0.2, -0.15) is 9.40 Å². The van der Waals surface area contributed by atoms with Gasteiger partial charge in [0.2, 0.25) is 10.0 Å². The number of benzene rings is 1. The molecule has 1 fully saturated rings. The summed E-state index contributed by atoms with van der Waals surface area (Å²) in [5, 5.41) is 7.43. The summed E-state index contributed by atoms with van der Waals surface area (Å²) in [4.78, 5) is 0.262. The minimum absolute atomic E-state index is 0.169. The molecular weight excluding hydrogens is 300 g/mol. The van der Waals surface area contributed by atoms with Crippen LogP contribution in [0.3, 0.4) is 0 Å². The van der Waals surface area contributed by atoms with E-state index in [9.17, 15) is 8.42 Å². The zero-order valence-electron chi connectivity index (χ0n) is 12.5. The molecule has 0 unspecified atom stereocenters. The Morgan fingerprint density at radius 3 is 2.82 bits per heavy atom. The first-order valence-corrected chi connectivity index (χ1v) is 8.79. The largest absolute Gasteiger partial charge is 0.312 e. The van der Waals surface area contributed by atoms with E-state index >= 15 is 0 Å². The molecule has 7 heteroatoms. The van der Waals surface area contributed by atoms with Gasteiger partial charge in [0.1, 0.15) is 4.90 Å². The SMILES string of the molecule is C[C@H]1CN(S(=O)(=O)c2cnn(Cc3ccccc3)c2)CCN1. The Morgan fingerprint density at radius 1 is 1.32 bits per heavy atom. The molecule has 1 aromatic carbocycles.